The topological polar surface area (TPSA) is 42.7 Å². The van der Waals surface area contributed by atoms with Gasteiger partial charge in [-0.25, -0.2) is 9.97 Å². The zero-order chi connectivity index (χ0) is 15.4. The van der Waals surface area contributed by atoms with Crippen LogP contribution < -0.4 is 5.32 Å². The number of aryl methyl sites for hydroxylation is 2. The predicted octanol–water partition coefficient (Wildman–Crippen LogP) is 3.88. The molecule has 0 aromatic carbocycles. The Kier molecular flexibility index (Phi) is 5.53. The first-order chi connectivity index (χ1) is 10.1. The smallest absolute Gasteiger partial charge is 0.116 e. The summed E-state index contributed by atoms with van der Waals surface area (Å²) in [5, 5.41) is 4.79. The highest BCUT2D eigenvalue weighted by Gasteiger charge is 2.22. The van der Waals surface area contributed by atoms with E-state index in [9.17, 15) is 0 Å². The Morgan fingerprint density at radius 1 is 1.33 bits per heavy atom. The van der Waals surface area contributed by atoms with Gasteiger partial charge in [0.05, 0.1) is 23.9 Å². The average Bonchev–Trinajstić information content (AvgIpc) is 3.06. The summed E-state index contributed by atoms with van der Waals surface area (Å²) in [6, 6.07) is 0.541. The number of aromatic nitrogens is 3. The summed E-state index contributed by atoms with van der Waals surface area (Å²) >= 11 is 1.80. The van der Waals surface area contributed by atoms with Crippen LogP contribution in [0.2, 0.25) is 0 Å². The van der Waals surface area contributed by atoms with Gasteiger partial charge in [-0.3, -0.25) is 0 Å². The van der Waals surface area contributed by atoms with Gasteiger partial charge in [0.2, 0.25) is 0 Å². The SMILES string of the molecule is CCCNC(c1nc(CC)c(C)s1)c1cncn1C(C)C. The summed E-state index contributed by atoms with van der Waals surface area (Å²) in [6.07, 6.45) is 5.99. The van der Waals surface area contributed by atoms with E-state index in [2.05, 4.69) is 49.5 Å². The Hall–Kier alpha value is -1.20. The molecule has 5 heteroatoms. The molecular weight excluding hydrogens is 280 g/mol. The number of nitrogens with one attached hydrogen (secondary N) is 1. The van der Waals surface area contributed by atoms with Crippen LogP contribution in [0.5, 0.6) is 0 Å². The summed E-state index contributed by atoms with van der Waals surface area (Å²) in [5.41, 5.74) is 2.42. The fourth-order valence-corrected chi connectivity index (χ4v) is 3.58. The molecule has 2 aromatic rings. The Morgan fingerprint density at radius 3 is 2.67 bits per heavy atom. The summed E-state index contributed by atoms with van der Waals surface area (Å²) < 4.78 is 2.23. The fourth-order valence-electron chi connectivity index (χ4n) is 2.48. The molecule has 0 aliphatic heterocycles. The van der Waals surface area contributed by atoms with Gasteiger partial charge in [-0.2, -0.15) is 0 Å². The van der Waals surface area contributed by atoms with Crippen LogP contribution in [0.3, 0.4) is 0 Å². The maximum absolute atomic E-state index is 4.85. The highest BCUT2D eigenvalue weighted by Crippen LogP contribution is 2.29. The first kappa shape index (κ1) is 16.2. The average molecular weight is 306 g/mol. The third kappa shape index (κ3) is 3.52. The zero-order valence-electron chi connectivity index (χ0n) is 13.7. The van der Waals surface area contributed by atoms with E-state index in [1.54, 1.807) is 11.3 Å². The summed E-state index contributed by atoms with van der Waals surface area (Å²) in [6.45, 7) is 11.9. The van der Waals surface area contributed by atoms with Crippen LogP contribution in [0, 0.1) is 6.92 Å². The highest BCUT2D eigenvalue weighted by molar-refractivity contribution is 7.11. The largest absolute Gasteiger partial charge is 0.330 e. The van der Waals surface area contributed by atoms with Gasteiger partial charge in [0, 0.05) is 10.9 Å². The third-order valence-corrected chi connectivity index (χ3v) is 4.72. The summed E-state index contributed by atoms with van der Waals surface area (Å²) in [5.74, 6) is 0. The third-order valence-electron chi connectivity index (χ3n) is 3.64. The lowest BCUT2D eigenvalue weighted by atomic mass is 10.2. The van der Waals surface area contributed by atoms with Crippen molar-refractivity contribution < 1.29 is 0 Å². The maximum Gasteiger partial charge on any atom is 0.116 e. The molecular formula is C16H26N4S. The molecule has 2 heterocycles. The Bertz CT molecular complexity index is 571. The second kappa shape index (κ2) is 7.18. The Balaban J connectivity index is 2.39. The number of thiazole rings is 1. The Labute approximate surface area is 131 Å². The van der Waals surface area contributed by atoms with Crippen LogP contribution in [0.4, 0.5) is 0 Å². The van der Waals surface area contributed by atoms with Crippen molar-refractivity contribution in [1.82, 2.24) is 19.9 Å². The van der Waals surface area contributed by atoms with Crippen molar-refractivity contribution in [1.29, 1.82) is 0 Å². The molecule has 0 bridgehead atoms. The number of nitrogens with zero attached hydrogens (tertiary/aromatic N) is 3. The monoisotopic (exact) mass is 306 g/mol. The van der Waals surface area contributed by atoms with Crippen molar-refractivity contribution in [2.75, 3.05) is 6.54 Å². The van der Waals surface area contributed by atoms with Crippen LogP contribution in [0.25, 0.3) is 0 Å². The van der Waals surface area contributed by atoms with Gasteiger partial charge >= 0.3 is 0 Å². The van der Waals surface area contributed by atoms with Crippen molar-refractivity contribution in [2.24, 2.45) is 0 Å². The quantitative estimate of drug-likeness (QED) is 0.844. The van der Waals surface area contributed by atoms with Gasteiger partial charge in [-0.1, -0.05) is 13.8 Å². The fraction of sp³-hybridized carbons (Fsp3) is 0.625. The first-order valence-electron chi connectivity index (χ1n) is 7.79. The molecule has 1 N–H and O–H groups in total. The molecule has 0 spiro atoms. The van der Waals surface area contributed by atoms with Gasteiger partial charge in [-0.05, 0) is 40.2 Å². The van der Waals surface area contributed by atoms with Gasteiger partial charge in [0.25, 0.3) is 0 Å². The molecule has 0 amide bonds. The van der Waals surface area contributed by atoms with E-state index in [0.717, 1.165) is 24.4 Å². The first-order valence-corrected chi connectivity index (χ1v) is 8.61. The van der Waals surface area contributed by atoms with E-state index in [4.69, 9.17) is 4.98 Å². The van der Waals surface area contributed by atoms with Crippen molar-refractivity contribution in [3.8, 4) is 0 Å². The number of imidazole rings is 1. The number of hydrogen-bond acceptors (Lipinski definition) is 4. The van der Waals surface area contributed by atoms with Crippen LogP contribution in [0.1, 0.15) is 67.5 Å². The number of rotatable bonds is 7. The molecule has 21 heavy (non-hydrogen) atoms. The molecule has 1 unspecified atom stereocenters. The highest BCUT2D eigenvalue weighted by atomic mass is 32.1. The van der Waals surface area contributed by atoms with Crippen molar-refractivity contribution in [2.45, 2.75) is 59.5 Å². The van der Waals surface area contributed by atoms with E-state index < -0.39 is 0 Å². The van der Waals surface area contributed by atoms with Gasteiger partial charge in [0.15, 0.2) is 0 Å². The summed E-state index contributed by atoms with van der Waals surface area (Å²) in [7, 11) is 0. The van der Waals surface area contributed by atoms with Crippen LogP contribution in [-0.2, 0) is 6.42 Å². The molecule has 0 fully saturated rings. The lowest BCUT2D eigenvalue weighted by Crippen LogP contribution is -2.25. The molecule has 1 atom stereocenters. The van der Waals surface area contributed by atoms with Crippen molar-refractivity contribution in [3.05, 3.63) is 33.8 Å². The molecule has 2 aromatic heterocycles. The van der Waals surface area contributed by atoms with Gasteiger partial charge in [-0.15, -0.1) is 11.3 Å². The molecule has 0 saturated heterocycles. The number of hydrogen-bond donors (Lipinski definition) is 1. The van der Waals surface area contributed by atoms with Crippen LogP contribution >= 0.6 is 11.3 Å². The minimum Gasteiger partial charge on any atom is -0.330 e. The Morgan fingerprint density at radius 2 is 2.10 bits per heavy atom. The van der Waals surface area contributed by atoms with E-state index in [-0.39, 0.29) is 6.04 Å². The van der Waals surface area contributed by atoms with Gasteiger partial charge < -0.3 is 9.88 Å². The van der Waals surface area contributed by atoms with E-state index >= 15 is 0 Å². The minimum absolute atomic E-state index is 0.138. The lowest BCUT2D eigenvalue weighted by molar-refractivity contribution is 0.512. The standard InChI is InChI=1S/C16H26N4S/c1-6-8-18-15(14-9-17-10-20(14)11(3)4)16-19-13(7-2)12(5)21-16/h9-11,15,18H,6-8H2,1-5H3. The molecule has 4 nitrogen and oxygen atoms in total. The summed E-state index contributed by atoms with van der Waals surface area (Å²) in [4.78, 5) is 10.5. The predicted molar refractivity (Wildman–Crippen MR) is 89.0 cm³/mol. The molecule has 2 rings (SSSR count). The van der Waals surface area contributed by atoms with E-state index in [1.165, 1.54) is 16.3 Å². The second-order valence-electron chi connectivity index (χ2n) is 5.62. The molecule has 0 aliphatic carbocycles. The molecule has 116 valence electrons. The van der Waals surface area contributed by atoms with E-state index in [0.29, 0.717) is 6.04 Å². The van der Waals surface area contributed by atoms with Crippen LogP contribution in [-0.4, -0.2) is 21.1 Å². The second-order valence-corrected chi connectivity index (χ2v) is 6.85. The van der Waals surface area contributed by atoms with E-state index in [1.807, 2.05) is 12.5 Å². The normalized spacial score (nSPS) is 13.0. The molecule has 0 aliphatic rings. The maximum atomic E-state index is 4.85. The van der Waals surface area contributed by atoms with Gasteiger partial charge in [0.1, 0.15) is 11.0 Å². The lowest BCUT2D eigenvalue weighted by Gasteiger charge is -2.20. The van der Waals surface area contributed by atoms with Crippen molar-refractivity contribution >= 4 is 11.3 Å². The minimum atomic E-state index is 0.138. The molecule has 0 radical (unpaired) electrons. The molecule has 0 saturated carbocycles. The van der Waals surface area contributed by atoms with Crippen molar-refractivity contribution in [3.63, 3.8) is 0 Å². The zero-order valence-corrected chi connectivity index (χ0v) is 14.5. The van der Waals surface area contributed by atoms with Crippen LogP contribution in [0.15, 0.2) is 12.5 Å².